The average Bonchev–Trinajstić information content (AvgIpc) is 2.43. The van der Waals surface area contributed by atoms with E-state index in [1.54, 1.807) is 0 Å². The van der Waals surface area contributed by atoms with Crippen LogP contribution in [-0.2, 0) is 4.74 Å². The van der Waals surface area contributed by atoms with E-state index in [-0.39, 0.29) is 0 Å². The number of ether oxygens (including phenoxy) is 1. The summed E-state index contributed by atoms with van der Waals surface area (Å²) < 4.78 is 4.58. The Bertz CT molecular complexity index is 216. The van der Waals surface area contributed by atoms with E-state index in [4.69, 9.17) is 25.5 Å². The van der Waals surface area contributed by atoms with Gasteiger partial charge in [0, 0.05) is 0 Å². The molecule has 0 aromatic carbocycles. The lowest BCUT2D eigenvalue weighted by Crippen LogP contribution is -2.58. The standard InChI is InChI=1S/C6H15N.C6H12O6/c1-4-7(5-2)6-3;7-1-2-3(8)4(9)5(10)6(11)12-2/h4-6H2,1-3H3;2-11H,1H2/t;2-,3-,4-,5-,6-/m.1/s1. The SMILES string of the molecule is CCN(CC)CC.OC[C@H]1O[C@@H](O)[C@H](O)[C@H](O)[C@@H]1O. The number of aliphatic hydroxyl groups is 5. The molecule has 0 aliphatic carbocycles. The number of aliphatic hydroxyl groups excluding tert-OH is 5. The summed E-state index contributed by atoms with van der Waals surface area (Å²) in [6.07, 6.45) is -7.04. The molecule has 0 unspecified atom stereocenters. The van der Waals surface area contributed by atoms with Gasteiger partial charge >= 0.3 is 0 Å². The zero-order valence-corrected chi connectivity index (χ0v) is 11.8. The first kappa shape index (κ1) is 18.7. The van der Waals surface area contributed by atoms with Crippen molar-refractivity contribution >= 4 is 0 Å². The van der Waals surface area contributed by atoms with E-state index in [1.807, 2.05) is 0 Å². The maximum absolute atomic E-state index is 9.12. The van der Waals surface area contributed by atoms with E-state index in [9.17, 15) is 0 Å². The van der Waals surface area contributed by atoms with Crippen LogP contribution in [0.25, 0.3) is 0 Å². The fourth-order valence-corrected chi connectivity index (χ4v) is 1.75. The Labute approximate surface area is 114 Å². The van der Waals surface area contributed by atoms with Crippen molar-refractivity contribution in [3.8, 4) is 0 Å². The van der Waals surface area contributed by atoms with E-state index >= 15 is 0 Å². The second-order valence-corrected chi connectivity index (χ2v) is 4.34. The van der Waals surface area contributed by atoms with Crippen LogP contribution in [-0.4, -0.2) is 87.4 Å². The van der Waals surface area contributed by atoms with E-state index in [2.05, 4.69) is 30.4 Å². The summed E-state index contributed by atoms with van der Waals surface area (Å²) >= 11 is 0. The van der Waals surface area contributed by atoms with Gasteiger partial charge in [0.25, 0.3) is 0 Å². The summed E-state index contributed by atoms with van der Waals surface area (Å²) in [5.41, 5.74) is 0. The van der Waals surface area contributed by atoms with Crippen molar-refractivity contribution in [1.82, 2.24) is 4.90 Å². The van der Waals surface area contributed by atoms with Crippen molar-refractivity contribution in [2.45, 2.75) is 51.5 Å². The molecule has 116 valence electrons. The highest BCUT2D eigenvalue weighted by Gasteiger charge is 2.42. The van der Waals surface area contributed by atoms with Gasteiger partial charge in [0.05, 0.1) is 6.61 Å². The van der Waals surface area contributed by atoms with Crippen LogP contribution < -0.4 is 0 Å². The predicted octanol–water partition coefficient (Wildman–Crippen LogP) is -1.87. The van der Waals surface area contributed by atoms with E-state index < -0.39 is 37.3 Å². The first-order chi connectivity index (χ1) is 8.92. The van der Waals surface area contributed by atoms with E-state index in [0.717, 1.165) is 0 Å². The molecule has 1 aliphatic heterocycles. The Morgan fingerprint density at radius 3 is 1.63 bits per heavy atom. The van der Waals surface area contributed by atoms with Crippen molar-refractivity contribution in [3.05, 3.63) is 0 Å². The third-order valence-corrected chi connectivity index (χ3v) is 3.21. The van der Waals surface area contributed by atoms with Gasteiger partial charge in [-0.15, -0.1) is 0 Å². The summed E-state index contributed by atoms with van der Waals surface area (Å²) in [7, 11) is 0. The summed E-state index contributed by atoms with van der Waals surface area (Å²) in [6.45, 7) is 9.60. The van der Waals surface area contributed by atoms with E-state index in [1.165, 1.54) is 19.6 Å². The highest BCUT2D eigenvalue weighted by Crippen LogP contribution is 2.18. The molecular formula is C12H27NO6. The Morgan fingerprint density at radius 2 is 1.32 bits per heavy atom. The Hall–Kier alpha value is -0.280. The van der Waals surface area contributed by atoms with Crippen LogP contribution in [0.2, 0.25) is 0 Å². The Morgan fingerprint density at radius 1 is 0.842 bits per heavy atom. The molecule has 1 heterocycles. The predicted molar refractivity (Wildman–Crippen MR) is 69.4 cm³/mol. The van der Waals surface area contributed by atoms with Crippen molar-refractivity contribution in [1.29, 1.82) is 0 Å². The van der Waals surface area contributed by atoms with Crippen LogP contribution in [0.15, 0.2) is 0 Å². The molecule has 0 radical (unpaired) electrons. The van der Waals surface area contributed by atoms with Gasteiger partial charge in [-0.1, -0.05) is 20.8 Å². The molecule has 5 N–H and O–H groups in total. The van der Waals surface area contributed by atoms with Gasteiger partial charge in [-0.2, -0.15) is 0 Å². The molecule has 1 rings (SSSR count). The lowest BCUT2D eigenvalue weighted by molar-refractivity contribution is -0.286. The summed E-state index contributed by atoms with van der Waals surface area (Å²) in [4.78, 5) is 2.38. The molecule has 0 bridgehead atoms. The summed E-state index contributed by atoms with van der Waals surface area (Å²) in [5.74, 6) is 0. The molecule has 0 amide bonds. The molecule has 19 heavy (non-hydrogen) atoms. The molecular weight excluding hydrogens is 254 g/mol. The Balaban J connectivity index is 0.000000399. The first-order valence-corrected chi connectivity index (χ1v) is 6.63. The monoisotopic (exact) mass is 281 g/mol. The molecule has 5 atom stereocenters. The van der Waals surface area contributed by atoms with Crippen LogP contribution in [0.4, 0.5) is 0 Å². The largest absolute Gasteiger partial charge is 0.394 e. The van der Waals surface area contributed by atoms with Gasteiger partial charge in [-0.05, 0) is 19.6 Å². The minimum absolute atomic E-state index is 0.526. The molecule has 1 fully saturated rings. The van der Waals surface area contributed by atoms with Crippen molar-refractivity contribution in [3.63, 3.8) is 0 Å². The molecule has 1 saturated heterocycles. The van der Waals surface area contributed by atoms with Crippen molar-refractivity contribution in [2.24, 2.45) is 0 Å². The zero-order chi connectivity index (χ0) is 15.0. The topological polar surface area (TPSA) is 114 Å². The van der Waals surface area contributed by atoms with Gasteiger partial charge in [-0.3, -0.25) is 0 Å². The van der Waals surface area contributed by atoms with Gasteiger partial charge in [0.15, 0.2) is 6.29 Å². The molecule has 7 heteroatoms. The van der Waals surface area contributed by atoms with Crippen LogP contribution in [0.3, 0.4) is 0 Å². The summed E-state index contributed by atoms with van der Waals surface area (Å²) in [6, 6.07) is 0. The second-order valence-electron chi connectivity index (χ2n) is 4.34. The third-order valence-electron chi connectivity index (χ3n) is 3.21. The molecule has 0 aromatic rings. The number of hydrogen-bond acceptors (Lipinski definition) is 7. The molecule has 0 saturated carbocycles. The van der Waals surface area contributed by atoms with E-state index in [0.29, 0.717) is 0 Å². The fourth-order valence-electron chi connectivity index (χ4n) is 1.75. The molecule has 7 nitrogen and oxygen atoms in total. The highest BCUT2D eigenvalue weighted by molar-refractivity contribution is 4.87. The smallest absolute Gasteiger partial charge is 0.184 e. The minimum atomic E-state index is -1.57. The molecule has 0 spiro atoms. The van der Waals surface area contributed by atoms with Crippen LogP contribution in [0.1, 0.15) is 20.8 Å². The third kappa shape index (κ3) is 5.70. The maximum atomic E-state index is 9.12. The van der Waals surface area contributed by atoms with Crippen LogP contribution >= 0.6 is 0 Å². The fraction of sp³-hybridized carbons (Fsp3) is 1.00. The normalized spacial score (nSPS) is 34.9. The lowest BCUT2D eigenvalue weighted by atomic mass is 10.00. The Kier molecular flexibility index (Phi) is 9.46. The average molecular weight is 281 g/mol. The van der Waals surface area contributed by atoms with Crippen LogP contribution in [0, 0.1) is 0 Å². The maximum Gasteiger partial charge on any atom is 0.184 e. The lowest BCUT2D eigenvalue weighted by Gasteiger charge is -2.37. The second kappa shape index (κ2) is 9.60. The molecule has 1 aliphatic rings. The van der Waals surface area contributed by atoms with Gasteiger partial charge < -0.3 is 35.2 Å². The summed E-state index contributed by atoms with van der Waals surface area (Å²) in [5, 5.41) is 44.7. The van der Waals surface area contributed by atoms with Crippen molar-refractivity contribution < 1.29 is 30.3 Å². The van der Waals surface area contributed by atoms with Gasteiger partial charge in [0.1, 0.15) is 24.4 Å². The van der Waals surface area contributed by atoms with Crippen LogP contribution in [0.5, 0.6) is 0 Å². The number of rotatable bonds is 4. The first-order valence-electron chi connectivity index (χ1n) is 6.63. The highest BCUT2D eigenvalue weighted by atomic mass is 16.6. The quantitative estimate of drug-likeness (QED) is 0.410. The van der Waals surface area contributed by atoms with Gasteiger partial charge in [0.2, 0.25) is 0 Å². The molecule has 0 aromatic heterocycles. The minimum Gasteiger partial charge on any atom is -0.394 e. The van der Waals surface area contributed by atoms with Crippen molar-refractivity contribution in [2.75, 3.05) is 26.2 Å². The number of hydrogen-bond donors (Lipinski definition) is 5. The number of nitrogens with zero attached hydrogens (tertiary/aromatic N) is 1. The van der Waals surface area contributed by atoms with Gasteiger partial charge in [-0.25, -0.2) is 0 Å². The zero-order valence-electron chi connectivity index (χ0n) is 11.8.